The molecule has 122 valence electrons. The molecule has 0 aliphatic carbocycles. The molecule has 1 unspecified atom stereocenters. The van der Waals surface area contributed by atoms with E-state index in [2.05, 4.69) is 12.2 Å². The molecule has 0 radical (unpaired) electrons. The van der Waals surface area contributed by atoms with Crippen LogP contribution < -0.4 is 14.8 Å². The van der Waals surface area contributed by atoms with E-state index in [0.29, 0.717) is 24.5 Å². The maximum absolute atomic E-state index is 12.4. The second-order valence-electron chi connectivity index (χ2n) is 5.19. The number of carbonyl (C=O) groups is 1. The maximum atomic E-state index is 12.4. The van der Waals surface area contributed by atoms with Gasteiger partial charge in [0.25, 0.3) is 5.91 Å². The summed E-state index contributed by atoms with van der Waals surface area (Å²) in [6.07, 6.45) is 1.00. The summed E-state index contributed by atoms with van der Waals surface area (Å²) < 4.78 is 11.3. The largest absolute Gasteiger partial charge is 0.494 e. The number of hydrogen-bond acceptors (Lipinski definition) is 3. The molecule has 0 fully saturated rings. The zero-order valence-corrected chi connectivity index (χ0v) is 13.6. The second-order valence-corrected chi connectivity index (χ2v) is 5.19. The zero-order chi connectivity index (χ0) is 16.5. The number of anilines is 1. The van der Waals surface area contributed by atoms with Crippen LogP contribution in [0.5, 0.6) is 11.5 Å². The van der Waals surface area contributed by atoms with Gasteiger partial charge in [-0.3, -0.25) is 4.79 Å². The minimum atomic E-state index is -0.530. The molecular formula is C19H23NO3. The van der Waals surface area contributed by atoms with Gasteiger partial charge in [-0.1, -0.05) is 38.1 Å². The minimum absolute atomic E-state index is 0.163. The third-order valence-corrected chi connectivity index (χ3v) is 3.26. The van der Waals surface area contributed by atoms with Gasteiger partial charge in [0.1, 0.15) is 11.5 Å². The van der Waals surface area contributed by atoms with Crippen molar-refractivity contribution in [1.29, 1.82) is 0 Å². The molecule has 2 rings (SSSR count). The van der Waals surface area contributed by atoms with E-state index < -0.39 is 6.10 Å². The monoisotopic (exact) mass is 313 g/mol. The average Bonchev–Trinajstić information content (AvgIpc) is 2.59. The van der Waals surface area contributed by atoms with E-state index in [9.17, 15) is 4.79 Å². The Balaban J connectivity index is 1.99. The van der Waals surface area contributed by atoms with Crippen molar-refractivity contribution in [2.45, 2.75) is 32.8 Å². The van der Waals surface area contributed by atoms with Crippen LogP contribution in [0.2, 0.25) is 0 Å². The summed E-state index contributed by atoms with van der Waals surface area (Å²) in [6, 6.07) is 16.8. The summed E-state index contributed by atoms with van der Waals surface area (Å²) in [5.74, 6) is 1.28. The number of ether oxygens (including phenoxy) is 2. The van der Waals surface area contributed by atoms with Crippen LogP contribution in [0.4, 0.5) is 5.69 Å². The van der Waals surface area contributed by atoms with Gasteiger partial charge >= 0.3 is 0 Å². The molecule has 0 saturated heterocycles. The molecule has 0 spiro atoms. The van der Waals surface area contributed by atoms with Crippen LogP contribution in [-0.4, -0.2) is 18.6 Å². The molecule has 1 amide bonds. The lowest BCUT2D eigenvalue weighted by molar-refractivity contribution is -0.122. The molecule has 1 N–H and O–H groups in total. The van der Waals surface area contributed by atoms with Crippen molar-refractivity contribution in [3.8, 4) is 11.5 Å². The molecule has 4 heteroatoms. The first-order chi connectivity index (χ1) is 11.2. The molecule has 0 bridgehead atoms. The summed E-state index contributed by atoms with van der Waals surface area (Å²) in [5, 5.41) is 2.89. The van der Waals surface area contributed by atoms with Crippen molar-refractivity contribution in [2.24, 2.45) is 0 Å². The first-order valence-corrected chi connectivity index (χ1v) is 7.98. The first kappa shape index (κ1) is 16.9. The predicted octanol–water partition coefficient (Wildman–Crippen LogP) is 4.27. The SMILES string of the molecule is CCCOc1cccc(NC(=O)C(CC)Oc2ccccc2)c1. The Morgan fingerprint density at radius 2 is 1.78 bits per heavy atom. The van der Waals surface area contributed by atoms with Gasteiger partial charge in [-0.15, -0.1) is 0 Å². The van der Waals surface area contributed by atoms with E-state index in [1.54, 1.807) is 0 Å². The zero-order valence-electron chi connectivity index (χ0n) is 13.6. The molecule has 1 atom stereocenters. The number of para-hydroxylation sites is 1. The quantitative estimate of drug-likeness (QED) is 0.791. The van der Waals surface area contributed by atoms with Crippen LogP contribution in [0, 0.1) is 0 Å². The summed E-state index contributed by atoms with van der Waals surface area (Å²) in [4.78, 5) is 12.4. The summed E-state index contributed by atoms with van der Waals surface area (Å²) in [7, 11) is 0. The van der Waals surface area contributed by atoms with Gasteiger partial charge in [-0.05, 0) is 37.1 Å². The maximum Gasteiger partial charge on any atom is 0.265 e. The summed E-state index contributed by atoms with van der Waals surface area (Å²) in [5.41, 5.74) is 0.707. The highest BCUT2D eigenvalue weighted by molar-refractivity contribution is 5.94. The highest BCUT2D eigenvalue weighted by Crippen LogP contribution is 2.19. The van der Waals surface area contributed by atoms with Gasteiger partial charge < -0.3 is 14.8 Å². The summed E-state index contributed by atoms with van der Waals surface area (Å²) >= 11 is 0. The van der Waals surface area contributed by atoms with Crippen LogP contribution >= 0.6 is 0 Å². The Morgan fingerprint density at radius 3 is 2.48 bits per heavy atom. The third kappa shape index (κ3) is 5.33. The van der Waals surface area contributed by atoms with Crippen molar-refractivity contribution in [3.63, 3.8) is 0 Å². The number of rotatable bonds is 8. The number of nitrogens with one attached hydrogen (secondary N) is 1. The standard InChI is InChI=1S/C19H23NO3/c1-3-13-22-17-12-8-9-15(14-17)20-19(21)18(4-2)23-16-10-6-5-7-11-16/h5-12,14,18H,3-4,13H2,1-2H3,(H,20,21). The minimum Gasteiger partial charge on any atom is -0.494 e. The van der Waals surface area contributed by atoms with E-state index >= 15 is 0 Å². The lowest BCUT2D eigenvalue weighted by Gasteiger charge is -2.17. The fraction of sp³-hybridized carbons (Fsp3) is 0.316. The van der Waals surface area contributed by atoms with E-state index in [4.69, 9.17) is 9.47 Å². The topological polar surface area (TPSA) is 47.6 Å². The molecular weight excluding hydrogens is 290 g/mol. The highest BCUT2D eigenvalue weighted by Gasteiger charge is 2.18. The van der Waals surface area contributed by atoms with Crippen molar-refractivity contribution in [1.82, 2.24) is 0 Å². The van der Waals surface area contributed by atoms with Crippen LogP contribution in [0.15, 0.2) is 54.6 Å². The van der Waals surface area contributed by atoms with Crippen molar-refractivity contribution in [2.75, 3.05) is 11.9 Å². The van der Waals surface area contributed by atoms with Crippen LogP contribution in [-0.2, 0) is 4.79 Å². The van der Waals surface area contributed by atoms with Gasteiger partial charge in [0.05, 0.1) is 6.61 Å². The van der Waals surface area contributed by atoms with Crippen LogP contribution in [0.25, 0.3) is 0 Å². The van der Waals surface area contributed by atoms with Gasteiger partial charge in [0, 0.05) is 11.8 Å². The van der Waals surface area contributed by atoms with Gasteiger partial charge in [-0.2, -0.15) is 0 Å². The van der Waals surface area contributed by atoms with Crippen LogP contribution in [0.1, 0.15) is 26.7 Å². The smallest absolute Gasteiger partial charge is 0.265 e. The molecule has 0 aliphatic rings. The first-order valence-electron chi connectivity index (χ1n) is 7.98. The van der Waals surface area contributed by atoms with E-state index in [1.165, 1.54) is 0 Å². The molecule has 4 nitrogen and oxygen atoms in total. The Kier molecular flexibility index (Phi) is 6.48. The molecule has 23 heavy (non-hydrogen) atoms. The Morgan fingerprint density at radius 1 is 1.04 bits per heavy atom. The summed E-state index contributed by atoms with van der Waals surface area (Å²) in [6.45, 7) is 4.64. The van der Waals surface area contributed by atoms with E-state index in [1.807, 2.05) is 61.5 Å². The lowest BCUT2D eigenvalue weighted by Crippen LogP contribution is -2.32. The molecule has 0 heterocycles. The van der Waals surface area contributed by atoms with E-state index in [-0.39, 0.29) is 5.91 Å². The van der Waals surface area contributed by atoms with Gasteiger partial charge in [-0.25, -0.2) is 0 Å². The average molecular weight is 313 g/mol. The number of benzene rings is 2. The van der Waals surface area contributed by atoms with Gasteiger partial charge in [0.15, 0.2) is 6.10 Å². The molecule has 0 saturated carbocycles. The van der Waals surface area contributed by atoms with Crippen LogP contribution in [0.3, 0.4) is 0 Å². The second kappa shape index (κ2) is 8.83. The lowest BCUT2D eigenvalue weighted by atomic mass is 10.2. The fourth-order valence-electron chi connectivity index (χ4n) is 2.09. The predicted molar refractivity (Wildman–Crippen MR) is 92.0 cm³/mol. The number of hydrogen-bond donors (Lipinski definition) is 1. The fourth-order valence-corrected chi connectivity index (χ4v) is 2.09. The Labute approximate surface area is 137 Å². The molecule has 2 aromatic carbocycles. The van der Waals surface area contributed by atoms with Gasteiger partial charge in [0.2, 0.25) is 0 Å². The molecule has 0 aromatic heterocycles. The Bertz CT molecular complexity index is 613. The van der Waals surface area contributed by atoms with Crippen molar-refractivity contribution in [3.05, 3.63) is 54.6 Å². The third-order valence-electron chi connectivity index (χ3n) is 3.26. The molecule has 2 aromatic rings. The molecule has 0 aliphatic heterocycles. The van der Waals surface area contributed by atoms with Crippen molar-refractivity contribution >= 4 is 11.6 Å². The number of amides is 1. The highest BCUT2D eigenvalue weighted by atomic mass is 16.5. The normalized spacial score (nSPS) is 11.6. The van der Waals surface area contributed by atoms with E-state index in [0.717, 1.165) is 12.2 Å². The number of carbonyl (C=O) groups excluding carboxylic acids is 1. The Hall–Kier alpha value is -2.49. The van der Waals surface area contributed by atoms with Crippen molar-refractivity contribution < 1.29 is 14.3 Å².